The maximum atomic E-state index is 14.7. The first kappa shape index (κ1) is 20.3. The van der Waals surface area contributed by atoms with Gasteiger partial charge in [-0.1, -0.05) is 60.7 Å². The van der Waals surface area contributed by atoms with Gasteiger partial charge in [0.2, 0.25) is 0 Å². The lowest BCUT2D eigenvalue weighted by molar-refractivity contribution is -0.140. The lowest BCUT2D eigenvalue weighted by atomic mass is 9.93. The molecule has 2 heterocycles. The van der Waals surface area contributed by atoms with Crippen molar-refractivity contribution < 1.29 is 13.9 Å². The number of nitrogens with zero attached hydrogens (tertiary/aromatic N) is 2. The van der Waals surface area contributed by atoms with Crippen LogP contribution < -0.4 is 9.80 Å². The summed E-state index contributed by atoms with van der Waals surface area (Å²) in [5.74, 6) is -0.742. The Labute approximate surface area is 187 Å². The summed E-state index contributed by atoms with van der Waals surface area (Å²) in [5, 5.41) is 0. The van der Waals surface area contributed by atoms with Gasteiger partial charge in [-0.2, -0.15) is 0 Å². The number of carbonyl (C=O) groups excluding carboxylic acids is 1. The van der Waals surface area contributed by atoms with E-state index in [2.05, 4.69) is 40.1 Å². The number of likely N-dealkylation sites (N-methyl/N-ethyl adjacent to an activating group) is 1. The molecule has 0 spiro atoms. The Morgan fingerprint density at radius 3 is 2.47 bits per heavy atom. The van der Waals surface area contributed by atoms with Crippen molar-refractivity contribution >= 4 is 22.9 Å². The zero-order chi connectivity index (χ0) is 22.2. The molecule has 0 fully saturated rings. The topological polar surface area (TPSA) is 32.8 Å². The highest BCUT2D eigenvalue weighted by Crippen LogP contribution is 2.49. The number of esters is 1. The lowest BCUT2D eigenvalue weighted by Gasteiger charge is -2.28. The van der Waals surface area contributed by atoms with Crippen LogP contribution in [-0.2, 0) is 16.1 Å². The van der Waals surface area contributed by atoms with Crippen LogP contribution in [0.2, 0.25) is 0 Å². The minimum Gasteiger partial charge on any atom is -0.467 e. The minimum absolute atomic E-state index is 0.194. The van der Waals surface area contributed by atoms with Crippen molar-refractivity contribution in [2.45, 2.75) is 18.5 Å². The molecule has 1 unspecified atom stereocenters. The van der Waals surface area contributed by atoms with E-state index in [9.17, 15) is 9.18 Å². The van der Waals surface area contributed by atoms with Gasteiger partial charge >= 0.3 is 5.97 Å². The Kier molecular flexibility index (Phi) is 5.17. The summed E-state index contributed by atoms with van der Waals surface area (Å²) in [4.78, 5) is 17.4. The van der Waals surface area contributed by atoms with Crippen molar-refractivity contribution in [2.75, 3.05) is 30.5 Å². The fourth-order valence-electron chi connectivity index (χ4n) is 4.95. The van der Waals surface area contributed by atoms with Crippen LogP contribution >= 0.6 is 0 Å². The zero-order valence-electron chi connectivity index (χ0n) is 18.2. The SMILES string of the molecule is COC(=O)[C@H]1C2=CC(c3ccccc3F)CN(C)c3cccc(c32)N1Cc1ccccc1. The van der Waals surface area contributed by atoms with Gasteiger partial charge in [-0.15, -0.1) is 0 Å². The molecule has 5 heteroatoms. The maximum Gasteiger partial charge on any atom is 0.333 e. The monoisotopic (exact) mass is 428 g/mol. The molecule has 0 N–H and O–H groups in total. The third kappa shape index (κ3) is 3.34. The molecule has 0 amide bonds. The van der Waals surface area contributed by atoms with Crippen LogP contribution in [0.15, 0.2) is 78.9 Å². The van der Waals surface area contributed by atoms with Crippen LogP contribution in [0.3, 0.4) is 0 Å². The first-order chi connectivity index (χ1) is 15.6. The van der Waals surface area contributed by atoms with Gasteiger partial charge in [0.15, 0.2) is 6.04 Å². The van der Waals surface area contributed by atoms with Crippen LogP contribution in [0.4, 0.5) is 15.8 Å². The van der Waals surface area contributed by atoms with Crippen molar-refractivity contribution in [1.29, 1.82) is 0 Å². The predicted molar refractivity (Wildman–Crippen MR) is 125 cm³/mol. The maximum absolute atomic E-state index is 14.7. The highest BCUT2D eigenvalue weighted by molar-refractivity contribution is 6.06. The quantitative estimate of drug-likeness (QED) is 0.547. The van der Waals surface area contributed by atoms with Crippen LogP contribution in [0.1, 0.15) is 22.6 Å². The molecule has 4 nitrogen and oxygen atoms in total. The van der Waals surface area contributed by atoms with Gasteiger partial charge in [-0.3, -0.25) is 0 Å². The molecule has 0 aliphatic carbocycles. The van der Waals surface area contributed by atoms with Crippen molar-refractivity contribution in [3.05, 3.63) is 101 Å². The highest BCUT2D eigenvalue weighted by Gasteiger charge is 2.43. The Balaban J connectivity index is 1.69. The Bertz CT molecular complexity index is 1190. The zero-order valence-corrected chi connectivity index (χ0v) is 18.2. The van der Waals surface area contributed by atoms with Crippen LogP contribution in [0, 0.1) is 5.82 Å². The molecule has 2 aliphatic rings. The van der Waals surface area contributed by atoms with Crippen LogP contribution in [-0.4, -0.2) is 32.7 Å². The fourth-order valence-corrected chi connectivity index (χ4v) is 4.95. The van der Waals surface area contributed by atoms with Crippen molar-refractivity contribution in [3.63, 3.8) is 0 Å². The highest BCUT2D eigenvalue weighted by atomic mass is 19.1. The van der Waals surface area contributed by atoms with Gasteiger partial charge in [0.25, 0.3) is 0 Å². The summed E-state index contributed by atoms with van der Waals surface area (Å²) in [6.07, 6.45) is 2.07. The van der Waals surface area contributed by atoms with Gasteiger partial charge in [-0.25, -0.2) is 9.18 Å². The Morgan fingerprint density at radius 1 is 1.00 bits per heavy atom. The number of ether oxygens (including phenoxy) is 1. The van der Waals surface area contributed by atoms with Crippen molar-refractivity contribution in [3.8, 4) is 0 Å². The number of anilines is 2. The Morgan fingerprint density at radius 2 is 1.72 bits per heavy atom. The molecule has 0 bridgehead atoms. The third-order valence-electron chi connectivity index (χ3n) is 6.41. The van der Waals surface area contributed by atoms with Crippen molar-refractivity contribution in [1.82, 2.24) is 0 Å². The van der Waals surface area contributed by atoms with E-state index >= 15 is 0 Å². The van der Waals surface area contributed by atoms with E-state index in [1.165, 1.54) is 13.2 Å². The van der Waals surface area contributed by atoms with E-state index in [0.717, 1.165) is 28.1 Å². The third-order valence-corrected chi connectivity index (χ3v) is 6.41. The fraction of sp³-hybridized carbons (Fsp3) is 0.222. The normalized spacial score (nSPS) is 19.3. The molecule has 5 rings (SSSR count). The largest absolute Gasteiger partial charge is 0.467 e. The standard InChI is InChI=1S/C27H25FN2O2/c1-29-17-19(20-11-6-7-12-22(20)28)15-21-25-23(29)13-8-14-24(25)30(26(21)27(31)32-2)16-18-9-4-3-5-10-18/h3-15,19,26H,16-17H2,1-2H3/t19?,26-/m1/s1. The number of benzene rings is 3. The van der Waals surface area contributed by atoms with Crippen molar-refractivity contribution in [2.24, 2.45) is 0 Å². The number of rotatable bonds is 4. The van der Waals surface area contributed by atoms with Gasteiger partial charge in [0.1, 0.15) is 5.82 Å². The number of methoxy groups -OCH3 is 1. The molecule has 32 heavy (non-hydrogen) atoms. The molecule has 3 aromatic rings. The molecule has 0 saturated carbocycles. The average molecular weight is 429 g/mol. The smallest absolute Gasteiger partial charge is 0.333 e. The van der Waals surface area contributed by atoms with Gasteiger partial charge < -0.3 is 14.5 Å². The van der Waals surface area contributed by atoms with E-state index in [1.807, 2.05) is 43.4 Å². The second-order valence-electron chi connectivity index (χ2n) is 8.34. The summed E-state index contributed by atoms with van der Waals surface area (Å²) < 4.78 is 20.0. The number of halogens is 1. The molecule has 0 aromatic heterocycles. The molecule has 0 radical (unpaired) electrons. The van der Waals surface area contributed by atoms with E-state index < -0.39 is 6.04 Å². The summed E-state index contributed by atoms with van der Waals surface area (Å²) in [7, 11) is 3.44. The summed E-state index contributed by atoms with van der Waals surface area (Å²) in [6, 6.07) is 22.5. The minimum atomic E-state index is -0.586. The number of carbonyl (C=O) groups is 1. The average Bonchev–Trinajstić information content (AvgIpc) is 3.03. The van der Waals surface area contributed by atoms with Gasteiger partial charge in [-0.05, 0) is 34.9 Å². The van der Waals surface area contributed by atoms with Crippen LogP contribution in [0.5, 0.6) is 0 Å². The summed E-state index contributed by atoms with van der Waals surface area (Å²) in [5.41, 5.74) is 5.68. The van der Waals surface area contributed by atoms with E-state index in [-0.39, 0.29) is 17.7 Å². The first-order valence-corrected chi connectivity index (χ1v) is 10.8. The molecular weight excluding hydrogens is 403 g/mol. The molecule has 0 saturated heterocycles. The summed E-state index contributed by atoms with van der Waals surface area (Å²) in [6.45, 7) is 1.19. The molecule has 2 atom stereocenters. The number of hydrogen-bond donors (Lipinski definition) is 0. The van der Waals surface area contributed by atoms with E-state index in [1.54, 1.807) is 6.07 Å². The van der Waals surface area contributed by atoms with Gasteiger partial charge in [0, 0.05) is 43.0 Å². The number of hydrogen-bond acceptors (Lipinski definition) is 4. The van der Waals surface area contributed by atoms with Gasteiger partial charge in [0.05, 0.1) is 7.11 Å². The lowest BCUT2D eigenvalue weighted by Crippen LogP contribution is -2.38. The molecular formula is C27H25FN2O2. The van der Waals surface area contributed by atoms with E-state index in [0.29, 0.717) is 18.7 Å². The van der Waals surface area contributed by atoms with Crippen LogP contribution in [0.25, 0.3) is 5.57 Å². The second kappa shape index (κ2) is 8.15. The Hall–Kier alpha value is -3.60. The first-order valence-electron chi connectivity index (χ1n) is 10.8. The molecule has 2 aliphatic heterocycles. The summed E-state index contributed by atoms with van der Waals surface area (Å²) >= 11 is 0. The molecule has 162 valence electrons. The van der Waals surface area contributed by atoms with E-state index in [4.69, 9.17) is 4.74 Å². The second-order valence-corrected chi connectivity index (χ2v) is 8.34. The predicted octanol–water partition coefficient (Wildman–Crippen LogP) is 5.00. The molecule has 3 aromatic carbocycles.